The van der Waals surface area contributed by atoms with E-state index in [-0.39, 0.29) is 29.1 Å². The number of nitrogens with zero attached hydrogens (tertiary/aromatic N) is 2. The zero-order valence-corrected chi connectivity index (χ0v) is 25.1. The zero-order chi connectivity index (χ0) is 30.3. The van der Waals surface area contributed by atoms with E-state index in [0.717, 1.165) is 53.2 Å². The molecule has 0 spiro atoms. The maximum absolute atomic E-state index is 14.1. The Morgan fingerprint density at radius 1 is 1.00 bits per heavy atom. The number of sulfonamides is 1. The third-order valence-electron chi connectivity index (χ3n) is 7.59. The smallest absolute Gasteiger partial charge is 0.264 e. The molecule has 0 aliphatic heterocycles. The number of rotatable bonds is 12. The normalized spacial score (nSPS) is 14.3. The van der Waals surface area contributed by atoms with Crippen LogP contribution in [0.4, 0.5) is 10.1 Å². The number of halogens is 1. The minimum atomic E-state index is -4.29. The lowest BCUT2D eigenvalue weighted by atomic mass is 10.1. The lowest BCUT2D eigenvalue weighted by Crippen LogP contribution is -2.52. The lowest BCUT2D eigenvalue weighted by Gasteiger charge is -2.33. The Hall–Kier alpha value is -3.92. The highest BCUT2D eigenvalue weighted by Crippen LogP contribution is 2.27. The number of nitrogens with one attached hydrogen (secondary N) is 1. The second-order valence-electron chi connectivity index (χ2n) is 10.5. The molecule has 1 aliphatic rings. The van der Waals surface area contributed by atoms with Gasteiger partial charge >= 0.3 is 0 Å². The van der Waals surface area contributed by atoms with Gasteiger partial charge in [-0.05, 0) is 93.3 Å². The fourth-order valence-electron chi connectivity index (χ4n) is 5.08. The summed E-state index contributed by atoms with van der Waals surface area (Å²) in [6.07, 6.45) is 3.88. The Labute approximate surface area is 247 Å². The summed E-state index contributed by atoms with van der Waals surface area (Å²) >= 11 is 0. The highest BCUT2D eigenvalue weighted by atomic mass is 32.2. The average molecular weight is 596 g/mol. The Balaban J connectivity index is 1.69. The molecule has 0 heterocycles. The fourth-order valence-corrected chi connectivity index (χ4v) is 6.50. The number of anilines is 1. The van der Waals surface area contributed by atoms with Gasteiger partial charge in [-0.15, -0.1) is 0 Å². The minimum Gasteiger partial charge on any atom is -0.494 e. The van der Waals surface area contributed by atoms with Gasteiger partial charge in [0.05, 0.1) is 17.2 Å². The van der Waals surface area contributed by atoms with E-state index in [4.69, 9.17) is 4.74 Å². The minimum absolute atomic E-state index is 0.0644. The molecular formula is C32H38FN3O5S. The first-order valence-corrected chi connectivity index (χ1v) is 15.7. The van der Waals surface area contributed by atoms with Crippen molar-refractivity contribution in [2.24, 2.45) is 0 Å². The van der Waals surface area contributed by atoms with Gasteiger partial charge in [0.25, 0.3) is 10.0 Å². The van der Waals surface area contributed by atoms with Gasteiger partial charge in [-0.1, -0.05) is 37.1 Å². The molecule has 0 unspecified atom stereocenters. The quantitative estimate of drug-likeness (QED) is 0.310. The van der Waals surface area contributed by atoms with Crippen molar-refractivity contribution in [3.05, 3.63) is 89.7 Å². The van der Waals surface area contributed by atoms with E-state index >= 15 is 0 Å². The molecule has 4 rings (SSSR count). The molecule has 2 amide bonds. The largest absolute Gasteiger partial charge is 0.494 e. The van der Waals surface area contributed by atoms with E-state index in [1.165, 1.54) is 17.0 Å². The fraction of sp³-hybridized carbons (Fsp3) is 0.375. The SMILES string of the molecule is CCOc1ccc(N(CC(=O)N(Cc2ccccc2C)[C@@H](C)C(=O)NC2CCCC2)S(=O)(=O)c2ccc(F)cc2)cc1. The number of hydrogen-bond acceptors (Lipinski definition) is 5. The van der Waals surface area contributed by atoms with Crippen LogP contribution in [-0.2, 0) is 26.2 Å². The van der Waals surface area contributed by atoms with E-state index in [1.807, 2.05) is 38.1 Å². The molecule has 0 aromatic heterocycles. The summed E-state index contributed by atoms with van der Waals surface area (Å²) in [7, 11) is -4.29. The molecule has 8 nitrogen and oxygen atoms in total. The van der Waals surface area contributed by atoms with Crippen LogP contribution in [0.3, 0.4) is 0 Å². The van der Waals surface area contributed by atoms with Crippen LogP contribution >= 0.6 is 0 Å². The lowest BCUT2D eigenvalue weighted by molar-refractivity contribution is -0.139. The van der Waals surface area contributed by atoms with Gasteiger partial charge < -0.3 is 15.0 Å². The van der Waals surface area contributed by atoms with Crippen LogP contribution in [-0.4, -0.2) is 50.4 Å². The molecule has 0 bridgehead atoms. The molecule has 3 aromatic carbocycles. The van der Waals surface area contributed by atoms with Crippen LogP contribution in [0.25, 0.3) is 0 Å². The predicted octanol–water partition coefficient (Wildman–Crippen LogP) is 5.20. The Kier molecular flexibility index (Phi) is 10.2. The van der Waals surface area contributed by atoms with Crippen LogP contribution in [0.2, 0.25) is 0 Å². The Morgan fingerprint density at radius 3 is 2.26 bits per heavy atom. The molecule has 3 aromatic rings. The first-order chi connectivity index (χ1) is 20.1. The molecule has 10 heteroatoms. The second-order valence-corrected chi connectivity index (χ2v) is 12.4. The molecule has 0 radical (unpaired) electrons. The van der Waals surface area contributed by atoms with Crippen molar-refractivity contribution in [2.45, 2.75) is 70.0 Å². The van der Waals surface area contributed by atoms with Crippen molar-refractivity contribution in [2.75, 3.05) is 17.5 Å². The topological polar surface area (TPSA) is 96.0 Å². The van der Waals surface area contributed by atoms with E-state index in [1.54, 1.807) is 31.2 Å². The van der Waals surface area contributed by atoms with Crippen molar-refractivity contribution in [3.63, 3.8) is 0 Å². The van der Waals surface area contributed by atoms with E-state index in [2.05, 4.69) is 5.32 Å². The van der Waals surface area contributed by atoms with E-state index < -0.39 is 34.3 Å². The number of carbonyl (C=O) groups excluding carboxylic acids is 2. The number of benzene rings is 3. The summed E-state index contributed by atoms with van der Waals surface area (Å²) in [5.41, 5.74) is 2.02. The molecule has 1 N–H and O–H groups in total. The summed E-state index contributed by atoms with van der Waals surface area (Å²) in [5.74, 6) is -0.862. The van der Waals surface area contributed by atoms with Gasteiger partial charge in [0.15, 0.2) is 0 Å². The van der Waals surface area contributed by atoms with Gasteiger partial charge in [-0.3, -0.25) is 13.9 Å². The number of carbonyl (C=O) groups is 2. The third-order valence-corrected chi connectivity index (χ3v) is 9.38. The number of amides is 2. The second kappa shape index (κ2) is 13.8. The number of hydrogen-bond donors (Lipinski definition) is 1. The van der Waals surface area contributed by atoms with Crippen molar-refractivity contribution in [1.82, 2.24) is 10.2 Å². The molecule has 224 valence electrons. The number of aryl methyl sites for hydroxylation is 1. The van der Waals surface area contributed by atoms with Crippen molar-refractivity contribution in [1.29, 1.82) is 0 Å². The van der Waals surface area contributed by atoms with Gasteiger partial charge in [0.2, 0.25) is 11.8 Å². The van der Waals surface area contributed by atoms with Gasteiger partial charge in [0, 0.05) is 12.6 Å². The maximum atomic E-state index is 14.1. The van der Waals surface area contributed by atoms with Crippen molar-refractivity contribution < 1.29 is 27.1 Å². The van der Waals surface area contributed by atoms with Gasteiger partial charge in [-0.2, -0.15) is 0 Å². The summed E-state index contributed by atoms with van der Waals surface area (Å²) in [6.45, 7) is 5.41. The van der Waals surface area contributed by atoms with Crippen LogP contribution in [0.15, 0.2) is 77.7 Å². The van der Waals surface area contributed by atoms with E-state index in [0.29, 0.717) is 12.4 Å². The molecule has 1 aliphatic carbocycles. The molecule has 0 saturated heterocycles. The summed E-state index contributed by atoms with van der Waals surface area (Å²) in [6, 6.07) is 17.6. The van der Waals surface area contributed by atoms with Crippen molar-refractivity contribution in [3.8, 4) is 5.75 Å². The zero-order valence-electron chi connectivity index (χ0n) is 24.3. The van der Waals surface area contributed by atoms with Crippen LogP contribution in [0.1, 0.15) is 50.7 Å². The highest BCUT2D eigenvalue weighted by molar-refractivity contribution is 7.92. The van der Waals surface area contributed by atoms with E-state index in [9.17, 15) is 22.4 Å². The first kappa shape index (κ1) is 31.0. The molecule has 1 fully saturated rings. The van der Waals surface area contributed by atoms with Crippen LogP contribution in [0.5, 0.6) is 5.75 Å². The highest BCUT2D eigenvalue weighted by Gasteiger charge is 2.33. The molecule has 1 saturated carbocycles. The van der Waals surface area contributed by atoms with Gasteiger partial charge in [0.1, 0.15) is 24.2 Å². The van der Waals surface area contributed by atoms with Crippen LogP contribution < -0.4 is 14.4 Å². The Morgan fingerprint density at radius 2 is 1.64 bits per heavy atom. The third kappa shape index (κ3) is 7.47. The summed E-state index contributed by atoms with van der Waals surface area (Å²) in [4.78, 5) is 28.7. The van der Waals surface area contributed by atoms with Crippen molar-refractivity contribution >= 4 is 27.5 Å². The Bertz CT molecular complexity index is 1470. The average Bonchev–Trinajstić information content (AvgIpc) is 3.49. The maximum Gasteiger partial charge on any atom is 0.264 e. The first-order valence-electron chi connectivity index (χ1n) is 14.3. The molecule has 1 atom stereocenters. The summed E-state index contributed by atoms with van der Waals surface area (Å²) < 4.78 is 47.9. The van der Waals surface area contributed by atoms with Crippen LogP contribution in [0, 0.1) is 12.7 Å². The standard InChI is InChI=1S/C32H38FN3O5S/c1-4-41-29-17-15-28(16-18-29)36(42(39,40)30-19-13-26(33)14-20-30)22-31(37)35(21-25-10-6-5-9-23(25)2)24(3)32(38)34-27-11-7-8-12-27/h5-6,9-10,13-20,24,27H,4,7-8,11-12,21-22H2,1-3H3,(H,34,38)/t24-/m0/s1. The summed E-state index contributed by atoms with van der Waals surface area (Å²) in [5, 5.41) is 3.06. The molecule has 42 heavy (non-hydrogen) atoms. The monoisotopic (exact) mass is 595 g/mol. The van der Waals surface area contributed by atoms with Gasteiger partial charge in [-0.25, -0.2) is 12.8 Å². The number of ether oxygens (including phenoxy) is 1. The predicted molar refractivity (Wildman–Crippen MR) is 160 cm³/mol. The molecular weight excluding hydrogens is 557 g/mol.